The van der Waals surface area contributed by atoms with Crippen molar-refractivity contribution in [2.45, 2.75) is 46.2 Å². The Kier molecular flexibility index (Phi) is 6.40. The second-order valence-electron chi connectivity index (χ2n) is 7.39. The molecule has 3 rings (SSSR count). The minimum atomic E-state index is 0.520. The third-order valence-corrected chi connectivity index (χ3v) is 5.17. The van der Waals surface area contributed by atoms with Crippen LogP contribution in [0.25, 0.3) is 10.8 Å². The van der Waals surface area contributed by atoms with Crippen LogP contribution < -0.4 is 10.2 Å². The molecular formula is C23H30N4. The number of benzene rings is 1. The molecule has 2 heterocycles. The van der Waals surface area contributed by atoms with Crippen LogP contribution in [0.4, 0.5) is 5.82 Å². The van der Waals surface area contributed by atoms with Gasteiger partial charge in [-0.2, -0.15) is 0 Å². The summed E-state index contributed by atoms with van der Waals surface area (Å²) in [6.45, 7) is 8.20. The van der Waals surface area contributed by atoms with Gasteiger partial charge in [-0.25, -0.2) is 4.98 Å². The van der Waals surface area contributed by atoms with Gasteiger partial charge in [-0.05, 0) is 63.2 Å². The van der Waals surface area contributed by atoms with Gasteiger partial charge in [-0.3, -0.25) is 4.98 Å². The first kappa shape index (κ1) is 19.3. The fourth-order valence-corrected chi connectivity index (χ4v) is 3.44. The van der Waals surface area contributed by atoms with Crippen molar-refractivity contribution in [3.05, 3.63) is 65.6 Å². The van der Waals surface area contributed by atoms with Gasteiger partial charge in [-0.1, -0.05) is 30.3 Å². The summed E-state index contributed by atoms with van der Waals surface area (Å²) < 4.78 is 0. The van der Waals surface area contributed by atoms with Crippen molar-refractivity contribution >= 4 is 16.6 Å². The summed E-state index contributed by atoms with van der Waals surface area (Å²) in [5.74, 6) is 1.05. The minimum Gasteiger partial charge on any atom is -0.350 e. The molecule has 27 heavy (non-hydrogen) atoms. The molecule has 0 radical (unpaired) electrons. The number of anilines is 1. The summed E-state index contributed by atoms with van der Waals surface area (Å²) in [4.78, 5) is 11.8. The molecule has 0 aliphatic rings. The molecule has 0 aliphatic heterocycles. The van der Waals surface area contributed by atoms with Crippen LogP contribution in [0.2, 0.25) is 0 Å². The van der Waals surface area contributed by atoms with Crippen molar-refractivity contribution in [1.82, 2.24) is 15.3 Å². The first-order chi connectivity index (χ1) is 13.1. The zero-order valence-corrected chi connectivity index (χ0v) is 16.9. The molecule has 0 aliphatic carbocycles. The van der Waals surface area contributed by atoms with Crippen molar-refractivity contribution < 1.29 is 0 Å². The Bertz CT molecular complexity index is 885. The van der Waals surface area contributed by atoms with Crippen LogP contribution in [0.5, 0.6) is 0 Å². The smallest absolute Gasteiger partial charge is 0.136 e. The van der Waals surface area contributed by atoms with Gasteiger partial charge in [-0.15, -0.1) is 0 Å². The van der Waals surface area contributed by atoms with E-state index in [1.54, 1.807) is 0 Å². The number of hydrogen-bond donors (Lipinski definition) is 1. The van der Waals surface area contributed by atoms with Crippen LogP contribution in [0.1, 0.15) is 36.6 Å². The Morgan fingerprint density at radius 1 is 1.11 bits per heavy atom. The molecule has 0 bridgehead atoms. The molecule has 0 amide bonds. The monoisotopic (exact) mass is 362 g/mol. The number of aromatic nitrogens is 2. The summed E-state index contributed by atoms with van der Waals surface area (Å²) in [7, 11) is 2.02. The lowest BCUT2D eigenvalue weighted by atomic mass is 10.1. The lowest BCUT2D eigenvalue weighted by Crippen LogP contribution is -2.28. The average molecular weight is 363 g/mol. The summed E-state index contributed by atoms with van der Waals surface area (Å²) in [6, 6.07) is 13.3. The largest absolute Gasteiger partial charge is 0.350 e. The number of pyridine rings is 2. The zero-order valence-electron chi connectivity index (χ0n) is 16.9. The number of hydrogen-bond acceptors (Lipinski definition) is 4. The molecule has 4 heteroatoms. The molecule has 4 nitrogen and oxygen atoms in total. The standard InChI is InChI=1S/C23H30N4/c1-17-14-18(2)22(26-15-17)16-27(13-7-8-19(3)24-4)23-21-10-6-5-9-20(21)11-12-25-23/h5-6,9-12,14-15,19,24H,7-8,13,16H2,1-4H3. The van der Waals surface area contributed by atoms with Crippen LogP contribution in [0.3, 0.4) is 0 Å². The Balaban J connectivity index is 1.91. The van der Waals surface area contributed by atoms with E-state index in [1.807, 2.05) is 19.4 Å². The van der Waals surface area contributed by atoms with Gasteiger partial charge in [0.05, 0.1) is 12.2 Å². The molecule has 3 aromatic rings. The number of fused-ring (bicyclic) bond motifs is 1. The van der Waals surface area contributed by atoms with Gasteiger partial charge < -0.3 is 10.2 Å². The molecule has 2 aromatic heterocycles. The zero-order chi connectivity index (χ0) is 19.2. The van der Waals surface area contributed by atoms with Crippen LogP contribution in [-0.2, 0) is 6.54 Å². The third kappa shape index (κ3) is 4.83. The highest BCUT2D eigenvalue weighted by Crippen LogP contribution is 2.26. The fourth-order valence-electron chi connectivity index (χ4n) is 3.44. The highest BCUT2D eigenvalue weighted by Gasteiger charge is 2.14. The van der Waals surface area contributed by atoms with E-state index in [0.717, 1.165) is 37.4 Å². The number of rotatable bonds is 8. The van der Waals surface area contributed by atoms with Crippen molar-refractivity contribution in [3.8, 4) is 0 Å². The van der Waals surface area contributed by atoms with E-state index in [-0.39, 0.29) is 0 Å². The van der Waals surface area contributed by atoms with Crippen LogP contribution in [-0.4, -0.2) is 29.6 Å². The normalized spacial score (nSPS) is 12.3. The van der Waals surface area contributed by atoms with Crippen molar-refractivity contribution in [2.75, 3.05) is 18.5 Å². The van der Waals surface area contributed by atoms with Gasteiger partial charge in [0.2, 0.25) is 0 Å². The number of nitrogens with one attached hydrogen (secondary N) is 1. The highest BCUT2D eigenvalue weighted by molar-refractivity contribution is 5.92. The maximum Gasteiger partial charge on any atom is 0.136 e. The average Bonchev–Trinajstić information content (AvgIpc) is 2.68. The lowest BCUT2D eigenvalue weighted by molar-refractivity contribution is 0.535. The predicted molar refractivity (Wildman–Crippen MR) is 114 cm³/mol. The molecule has 0 saturated carbocycles. The maximum absolute atomic E-state index is 4.75. The summed E-state index contributed by atoms with van der Waals surface area (Å²) in [6.07, 6.45) is 6.12. The molecule has 1 aromatic carbocycles. The number of aryl methyl sites for hydroxylation is 2. The second kappa shape index (κ2) is 8.96. The second-order valence-corrected chi connectivity index (χ2v) is 7.39. The van der Waals surface area contributed by atoms with Crippen molar-refractivity contribution in [3.63, 3.8) is 0 Å². The molecule has 1 N–H and O–H groups in total. The minimum absolute atomic E-state index is 0.520. The number of nitrogens with zero attached hydrogens (tertiary/aromatic N) is 3. The van der Waals surface area contributed by atoms with E-state index in [9.17, 15) is 0 Å². The highest BCUT2D eigenvalue weighted by atomic mass is 15.2. The van der Waals surface area contributed by atoms with Crippen molar-refractivity contribution in [1.29, 1.82) is 0 Å². The van der Waals surface area contributed by atoms with E-state index in [4.69, 9.17) is 9.97 Å². The Hall–Kier alpha value is -2.46. The summed E-state index contributed by atoms with van der Waals surface area (Å²) >= 11 is 0. The van der Waals surface area contributed by atoms with E-state index in [2.05, 4.69) is 67.4 Å². The van der Waals surface area contributed by atoms with E-state index in [1.165, 1.54) is 21.9 Å². The maximum atomic E-state index is 4.75. The van der Waals surface area contributed by atoms with Crippen LogP contribution in [0, 0.1) is 13.8 Å². The van der Waals surface area contributed by atoms with E-state index < -0.39 is 0 Å². The topological polar surface area (TPSA) is 41.0 Å². The van der Waals surface area contributed by atoms with E-state index in [0.29, 0.717) is 6.04 Å². The van der Waals surface area contributed by atoms with Crippen LogP contribution >= 0.6 is 0 Å². The lowest BCUT2D eigenvalue weighted by Gasteiger charge is -2.26. The first-order valence-corrected chi connectivity index (χ1v) is 9.76. The Labute approximate surface area is 162 Å². The molecule has 0 saturated heterocycles. The fraction of sp³-hybridized carbons (Fsp3) is 0.391. The quantitative estimate of drug-likeness (QED) is 0.634. The van der Waals surface area contributed by atoms with Crippen LogP contribution in [0.15, 0.2) is 48.8 Å². The summed E-state index contributed by atoms with van der Waals surface area (Å²) in [5.41, 5.74) is 3.56. The molecule has 0 spiro atoms. The molecule has 1 unspecified atom stereocenters. The third-order valence-electron chi connectivity index (χ3n) is 5.17. The molecule has 1 atom stereocenters. The summed E-state index contributed by atoms with van der Waals surface area (Å²) in [5, 5.41) is 5.75. The van der Waals surface area contributed by atoms with Gasteiger partial charge in [0.25, 0.3) is 0 Å². The van der Waals surface area contributed by atoms with E-state index >= 15 is 0 Å². The molecule has 142 valence electrons. The molecule has 0 fully saturated rings. The van der Waals surface area contributed by atoms with Gasteiger partial charge in [0.1, 0.15) is 5.82 Å². The predicted octanol–water partition coefficient (Wildman–Crippen LogP) is 4.64. The van der Waals surface area contributed by atoms with Gasteiger partial charge in [0, 0.05) is 30.4 Å². The van der Waals surface area contributed by atoms with Gasteiger partial charge in [0.15, 0.2) is 0 Å². The van der Waals surface area contributed by atoms with Crippen molar-refractivity contribution in [2.24, 2.45) is 0 Å². The Morgan fingerprint density at radius 3 is 2.70 bits per heavy atom. The first-order valence-electron chi connectivity index (χ1n) is 9.76. The Morgan fingerprint density at radius 2 is 1.93 bits per heavy atom. The SMILES string of the molecule is CNC(C)CCCN(Cc1ncc(C)cc1C)c1nccc2ccccc12. The van der Waals surface area contributed by atoms with Gasteiger partial charge >= 0.3 is 0 Å². The molecular weight excluding hydrogens is 332 g/mol.